The smallest absolute Gasteiger partial charge is 0.324 e. The normalized spacial score (nSPS) is 19.4. The Labute approximate surface area is 126 Å². The molecule has 0 radical (unpaired) electrons. The molecule has 1 atom stereocenters. The van der Waals surface area contributed by atoms with Crippen LogP contribution < -0.4 is 5.32 Å². The summed E-state index contributed by atoms with van der Waals surface area (Å²) in [6.07, 6.45) is 0. The lowest BCUT2D eigenvalue weighted by Gasteiger charge is -2.34. The molecule has 1 aromatic rings. The summed E-state index contributed by atoms with van der Waals surface area (Å²) in [5.41, 5.74) is 2.36. The second-order valence-electron chi connectivity index (χ2n) is 5.19. The number of benzene rings is 1. The van der Waals surface area contributed by atoms with Crippen LogP contribution in [0.15, 0.2) is 24.3 Å². The van der Waals surface area contributed by atoms with Gasteiger partial charge >= 0.3 is 5.97 Å². The summed E-state index contributed by atoms with van der Waals surface area (Å²) >= 11 is 0. The Hall–Kier alpha value is -1.43. The van der Waals surface area contributed by atoms with Crippen LogP contribution in [0.4, 0.5) is 0 Å². The first-order valence-electron chi connectivity index (χ1n) is 7.42. The first-order valence-corrected chi connectivity index (χ1v) is 7.42. The van der Waals surface area contributed by atoms with Gasteiger partial charge in [0.1, 0.15) is 6.04 Å². The number of piperazine rings is 1. The van der Waals surface area contributed by atoms with Gasteiger partial charge in [-0.2, -0.15) is 0 Å². The highest BCUT2D eigenvalue weighted by atomic mass is 16.5. The molecule has 0 aliphatic carbocycles. The SMILES string of the molecule is CCOC(=O)C1CNCCN1Cc1ccc(COC)cc1. The summed E-state index contributed by atoms with van der Waals surface area (Å²) < 4.78 is 10.3. The number of esters is 1. The summed E-state index contributed by atoms with van der Waals surface area (Å²) in [5.74, 6) is -0.138. The van der Waals surface area contributed by atoms with Crippen LogP contribution in [0.3, 0.4) is 0 Å². The van der Waals surface area contributed by atoms with Crippen molar-refractivity contribution in [2.24, 2.45) is 0 Å². The second-order valence-corrected chi connectivity index (χ2v) is 5.19. The third-order valence-electron chi connectivity index (χ3n) is 3.63. The standard InChI is InChI=1S/C16H24N2O3/c1-3-21-16(19)15-10-17-8-9-18(15)11-13-4-6-14(7-5-13)12-20-2/h4-7,15,17H,3,8-12H2,1-2H3. The summed E-state index contributed by atoms with van der Waals surface area (Å²) in [6.45, 7) is 6.06. The Morgan fingerprint density at radius 3 is 2.71 bits per heavy atom. The van der Waals surface area contributed by atoms with Gasteiger partial charge in [0.05, 0.1) is 13.2 Å². The van der Waals surface area contributed by atoms with E-state index in [1.54, 1.807) is 7.11 Å². The molecule has 1 aliphatic heterocycles. The summed E-state index contributed by atoms with van der Waals surface area (Å²) in [4.78, 5) is 14.2. The number of ether oxygens (including phenoxy) is 2. The molecule has 0 spiro atoms. The van der Waals surface area contributed by atoms with Crippen LogP contribution in [-0.4, -0.2) is 50.3 Å². The number of methoxy groups -OCH3 is 1. The van der Waals surface area contributed by atoms with Crippen molar-refractivity contribution < 1.29 is 14.3 Å². The van der Waals surface area contributed by atoms with E-state index >= 15 is 0 Å². The summed E-state index contributed by atoms with van der Waals surface area (Å²) in [6, 6.07) is 8.13. The minimum atomic E-state index is -0.197. The van der Waals surface area contributed by atoms with Gasteiger partial charge in [-0.05, 0) is 18.1 Å². The van der Waals surface area contributed by atoms with E-state index in [9.17, 15) is 4.79 Å². The number of nitrogens with zero attached hydrogens (tertiary/aromatic N) is 1. The maximum atomic E-state index is 12.0. The van der Waals surface area contributed by atoms with Crippen LogP contribution in [0.5, 0.6) is 0 Å². The second kappa shape index (κ2) is 8.12. The van der Waals surface area contributed by atoms with Crippen LogP contribution in [-0.2, 0) is 27.4 Å². The van der Waals surface area contributed by atoms with Crippen molar-refractivity contribution in [1.29, 1.82) is 0 Å². The number of rotatable bonds is 6. The molecule has 0 aromatic heterocycles. The van der Waals surface area contributed by atoms with Crippen molar-refractivity contribution in [2.75, 3.05) is 33.4 Å². The molecule has 0 bridgehead atoms. The van der Waals surface area contributed by atoms with E-state index in [1.807, 2.05) is 6.92 Å². The Kier molecular flexibility index (Phi) is 6.17. The van der Waals surface area contributed by atoms with Crippen molar-refractivity contribution in [2.45, 2.75) is 26.1 Å². The van der Waals surface area contributed by atoms with Gasteiger partial charge < -0.3 is 14.8 Å². The number of nitrogens with one attached hydrogen (secondary N) is 1. The van der Waals surface area contributed by atoms with Crippen molar-refractivity contribution in [3.63, 3.8) is 0 Å². The third-order valence-corrected chi connectivity index (χ3v) is 3.63. The van der Waals surface area contributed by atoms with E-state index in [-0.39, 0.29) is 12.0 Å². The van der Waals surface area contributed by atoms with Crippen molar-refractivity contribution in [3.05, 3.63) is 35.4 Å². The minimum absolute atomic E-state index is 0.138. The van der Waals surface area contributed by atoms with E-state index in [2.05, 4.69) is 34.5 Å². The van der Waals surface area contributed by atoms with E-state index < -0.39 is 0 Å². The van der Waals surface area contributed by atoms with Gasteiger partial charge in [0.25, 0.3) is 0 Å². The van der Waals surface area contributed by atoms with Gasteiger partial charge in [-0.3, -0.25) is 9.69 Å². The third kappa shape index (κ3) is 4.52. The number of carbonyl (C=O) groups is 1. The van der Waals surface area contributed by atoms with Crippen molar-refractivity contribution in [1.82, 2.24) is 10.2 Å². The predicted molar refractivity (Wildman–Crippen MR) is 80.9 cm³/mol. The monoisotopic (exact) mass is 292 g/mol. The molecule has 5 nitrogen and oxygen atoms in total. The number of hydrogen-bond acceptors (Lipinski definition) is 5. The highest BCUT2D eigenvalue weighted by Gasteiger charge is 2.29. The van der Waals surface area contributed by atoms with E-state index in [1.165, 1.54) is 5.56 Å². The Morgan fingerprint density at radius 2 is 2.05 bits per heavy atom. The lowest BCUT2D eigenvalue weighted by Crippen LogP contribution is -2.54. The van der Waals surface area contributed by atoms with Gasteiger partial charge in [-0.15, -0.1) is 0 Å². The van der Waals surface area contributed by atoms with Gasteiger partial charge in [-0.25, -0.2) is 0 Å². The maximum absolute atomic E-state index is 12.0. The summed E-state index contributed by atoms with van der Waals surface area (Å²) in [7, 11) is 1.69. The molecule has 2 rings (SSSR count). The van der Waals surface area contributed by atoms with Crippen molar-refractivity contribution in [3.8, 4) is 0 Å². The zero-order valence-corrected chi connectivity index (χ0v) is 12.8. The molecule has 1 saturated heterocycles. The lowest BCUT2D eigenvalue weighted by molar-refractivity contribution is -0.150. The van der Waals surface area contributed by atoms with Gasteiger partial charge in [0.15, 0.2) is 0 Å². The molecule has 1 unspecified atom stereocenters. The van der Waals surface area contributed by atoms with E-state index in [0.29, 0.717) is 19.8 Å². The van der Waals surface area contributed by atoms with Gasteiger partial charge in [0, 0.05) is 33.3 Å². The highest BCUT2D eigenvalue weighted by Crippen LogP contribution is 2.13. The molecular formula is C16H24N2O3. The molecule has 0 amide bonds. The average Bonchev–Trinajstić information content (AvgIpc) is 2.50. The maximum Gasteiger partial charge on any atom is 0.324 e. The fraction of sp³-hybridized carbons (Fsp3) is 0.562. The molecular weight excluding hydrogens is 268 g/mol. The fourth-order valence-electron chi connectivity index (χ4n) is 2.55. The van der Waals surface area contributed by atoms with Crippen LogP contribution in [0.25, 0.3) is 0 Å². The van der Waals surface area contributed by atoms with Crippen LogP contribution in [0, 0.1) is 0 Å². The number of carbonyl (C=O) groups excluding carboxylic acids is 1. The molecule has 1 N–H and O–H groups in total. The molecule has 1 aromatic carbocycles. The lowest BCUT2D eigenvalue weighted by atomic mass is 10.1. The minimum Gasteiger partial charge on any atom is -0.465 e. The largest absolute Gasteiger partial charge is 0.465 e. The van der Waals surface area contributed by atoms with Crippen molar-refractivity contribution >= 4 is 5.97 Å². The number of hydrogen-bond donors (Lipinski definition) is 1. The highest BCUT2D eigenvalue weighted by molar-refractivity contribution is 5.76. The zero-order chi connectivity index (χ0) is 15.1. The first kappa shape index (κ1) is 15.9. The summed E-state index contributed by atoms with van der Waals surface area (Å²) in [5, 5.41) is 3.26. The first-order chi connectivity index (χ1) is 10.2. The quantitative estimate of drug-likeness (QED) is 0.798. The van der Waals surface area contributed by atoms with Gasteiger partial charge in [-0.1, -0.05) is 24.3 Å². The average molecular weight is 292 g/mol. The fourth-order valence-corrected chi connectivity index (χ4v) is 2.55. The molecule has 21 heavy (non-hydrogen) atoms. The van der Waals surface area contributed by atoms with E-state index in [0.717, 1.165) is 25.2 Å². The topological polar surface area (TPSA) is 50.8 Å². The van der Waals surface area contributed by atoms with Crippen LogP contribution >= 0.6 is 0 Å². The Balaban J connectivity index is 1.99. The van der Waals surface area contributed by atoms with Crippen LogP contribution in [0.2, 0.25) is 0 Å². The molecule has 0 saturated carbocycles. The molecule has 5 heteroatoms. The predicted octanol–water partition coefficient (Wildman–Crippen LogP) is 1.17. The van der Waals surface area contributed by atoms with E-state index in [4.69, 9.17) is 9.47 Å². The Morgan fingerprint density at radius 1 is 1.33 bits per heavy atom. The van der Waals surface area contributed by atoms with Crippen LogP contribution in [0.1, 0.15) is 18.1 Å². The molecule has 1 aliphatic rings. The Bertz CT molecular complexity index is 447. The molecule has 116 valence electrons. The molecule has 1 fully saturated rings. The molecule has 1 heterocycles. The zero-order valence-electron chi connectivity index (χ0n) is 12.8. The van der Waals surface area contributed by atoms with Gasteiger partial charge in [0.2, 0.25) is 0 Å².